The van der Waals surface area contributed by atoms with Gasteiger partial charge in [0.25, 0.3) is 0 Å². The average molecular weight is 300 g/mol. The third-order valence-electron chi connectivity index (χ3n) is 2.05. The second kappa shape index (κ2) is 4.80. The Morgan fingerprint density at radius 1 is 1.19 bits per heavy atom. The molecule has 1 aromatic heterocycles. The molecule has 0 amide bonds. The Kier molecular flexibility index (Phi) is 3.41. The van der Waals surface area contributed by atoms with Crippen LogP contribution in [-0.4, -0.2) is 17.3 Å². The van der Waals surface area contributed by atoms with E-state index in [4.69, 9.17) is 16.3 Å². The van der Waals surface area contributed by atoms with Gasteiger partial charge in [0.2, 0.25) is 5.88 Å². The summed E-state index contributed by atoms with van der Waals surface area (Å²) in [7, 11) is 1.55. The summed E-state index contributed by atoms with van der Waals surface area (Å²) in [5.41, 5.74) is 1.73. The van der Waals surface area contributed by atoms with Crippen molar-refractivity contribution in [3.8, 4) is 17.1 Å². The predicted molar refractivity (Wildman–Crippen MR) is 66.7 cm³/mol. The summed E-state index contributed by atoms with van der Waals surface area (Å²) in [5.74, 6) is 0.470. The smallest absolute Gasteiger partial charge is 0.247 e. The largest absolute Gasteiger partial charge is 0.479 e. The van der Waals surface area contributed by atoms with E-state index in [-0.39, 0.29) is 0 Å². The van der Waals surface area contributed by atoms with E-state index < -0.39 is 0 Å². The molecule has 16 heavy (non-hydrogen) atoms. The van der Waals surface area contributed by atoms with E-state index in [1.165, 1.54) is 0 Å². The molecule has 0 bridgehead atoms. The molecule has 1 aromatic carbocycles. The fraction of sp³-hybridized carbons (Fsp3) is 0.0909. The fourth-order valence-corrected chi connectivity index (χ4v) is 1.84. The van der Waals surface area contributed by atoms with Crippen molar-refractivity contribution in [1.82, 2.24) is 10.2 Å². The summed E-state index contributed by atoms with van der Waals surface area (Å²) in [6.07, 6.45) is 0. The van der Waals surface area contributed by atoms with Crippen LogP contribution >= 0.6 is 27.5 Å². The molecule has 0 spiro atoms. The van der Waals surface area contributed by atoms with Gasteiger partial charge in [0.15, 0.2) is 0 Å². The van der Waals surface area contributed by atoms with Gasteiger partial charge in [-0.05, 0) is 34.1 Å². The molecule has 0 aliphatic heterocycles. The Hall–Kier alpha value is -1.13. The van der Waals surface area contributed by atoms with Crippen molar-refractivity contribution in [1.29, 1.82) is 0 Å². The maximum Gasteiger partial charge on any atom is 0.247 e. The molecule has 0 N–H and O–H groups in total. The van der Waals surface area contributed by atoms with Crippen molar-refractivity contribution < 1.29 is 4.74 Å². The third kappa shape index (κ3) is 2.33. The van der Waals surface area contributed by atoms with Crippen LogP contribution in [0.3, 0.4) is 0 Å². The van der Waals surface area contributed by atoms with Gasteiger partial charge in [-0.25, -0.2) is 0 Å². The highest BCUT2D eigenvalue weighted by Gasteiger charge is 2.06. The van der Waals surface area contributed by atoms with E-state index in [0.29, 0.717) is 10.9 Å². The van der Waals surface area contributed by atoms with E-state index in [1.807, 2.05) is 30.3 Å². The number of benzene rings is 1. The summed E-state index contributed by atoms with van der Waals surface area (Å²) in [4.78, 5) is 0. The minimum atomic E-state index is 0.470. The first kappa shape index (κ1) is 11.4. The molecule has 2 aromatic rings. The minimum absolute atomic E-state index is 0.470. The molecule has 3 nitrogen and oxygen atoms in total. The first-order chi connectivity index (χ1) is 7.70. The predicted octanol–water partition coefficient (Wildman–Crippen LogP) is 3.57. The summed E-state index contributed by atoms with van der Waals surface area (Å²) in [5, 5.41) is 8.70. The number of methoxy groups -OCH3 is 1. The highest BCUT2D eigenvalue weighted by molar-refractivity contribution is 9.10. The quantitative estimate of drug-likeness (QED) is 0.850. The molecule has 0 radical (unpaired) electrons. The van der Waals surface area contributed by atoms with E-state index in [9.17, 15) is 0 Å². The lowest BCUT2D eigenvalue weighted by Gasteiger charge is -2.04. The molecule has 0 fully saturated rings. The van der Waals surface area contributed by atoms with Crippen LogP contribution in [0, 0.1) is 0 Å². The molecular weight excluding hydrogens is 291 g/mol. The lowest BCUT2D eigenvalue weighted by atomic mass is 10.1. The second-order valence-corrected chi connectivity index (χ2v) is 4.38. The first-order valence-corrected chi connectivity index (χ1v) is 5.71. The number of rotatable bonds is 2. The van der Waals surface area contributed by atoms with E-state index in [0.717, 1.165) is 15.7 Å². The number of halogens is 2. The molecule has 0 unspecified atom stereocenters. The molecule has 5 heteroatoms. The van der Waals surface area contributed by atoms with Crippen LogP contribution in [0.1, 0.15) is 0 Å². The zero-order valence-electron chi connectivity index (χ0n) is 8.45. The summed E-state index contributed by atoms with van der Waals surface area (Å²) in [6, 6.07) is 9.28. The number of hydrogen-bond acceptors (Lipinski definition) is 3. The Bertz CT molecular complexity index is 502. The summed E-state index contributed by atoms with van der Waals surface area (Å²) >= 11 is 9.18. The first-order valence-electron chi connectivity index (χ1n) is 4.54. The third-order valence-corrected chi connectivity index (χ3v) is 2.87. The zero-order chi connectivity index (χ0) is 11.5. The minimum Gasteiger partial charge on any atom is -0.479 e. The maximum atomic E-state index is 5.81. The van der Waals surface area contributed by atoms with Crippen molar-refractivity contribution >= 4 is 27.5 Å². The van der Waals surface area contributed by atoms with Gasteiger partial charge in [-0.3, -0.25) is 0 Å². The van der Waals surface area contributed by atoms with Crippen LogP contribution in [0.5, 0.6) is 5.88 Å². The maximum absolute atomic E-state index is 5.81. The summed E-state index contributed by atoms with van der Waals surface area (Å²) in [6.45, 7) is 0. The van der Waals surface area contributed by atoms with Crippen molar-refractivity contribution in [3.05, 3.63) is 39.8 Å². The van der Waals surface area contributed by atoms with Crippen molar-refractivity contribution in [2.75, 3.05) is 7.11 Å². The fourth-order valence-electron chi connectivity index (χ4n) is 1.26. The molecule has 0 aliphatic carbocycles. The molecule has 82 valence electrons. The van der Waals surface area contributed by atoms with Gasteiger partial charge in [-0.2, -0.15) is 0 Å². The highest BCUT2D eigenvalue weighted by atomic mass is 79.9. The van der Waals surface area contributed by atoms with E-state index in [2.05, 4.69) is 26.1 Å². The Morgan fingerprint density at radius 2 is 1.88 bits per heavy atom. The molecule has 0 atom stereocenters. The highest BCUT2D eigenvalue weighted by Crippen LogP contribution is 2.26. The van der Waals surface area contributed by atoms with Gasteiger partial charge < -0.3 is 4.74 Å². The lowest BCUT2D eigenvalue weighted by molar-refractivity contribution is 0.389. The topological polar surface area (TPSA) is 35.0 Å². The molecule has 0 saturated carbocycles. The standard InChI is InChI=1S/C11H8BrClN2O/c1-16-11-9(12)6-10(14-15-11)7-2-4-8(13)5-3-7/h2-6H,1H3. The Balaban J connectivity index is 2.41. The Morgan fingerprint density at radius 3 is 2.44 bits per heavy atom. The monoisotopic (exact) mass is 298 g/mol. The molecular formula is C11H8BrClN2O. The zero-order valence-corrected chi connectivity index (χ0v) is 10.8. The SMILES string of the molecule is COc1nnc(-c2ccc(Cl)cc2)cc1Br. The Labute approximate surface area is 107 Å². The van der Waals surface area contributed by atoms with Crippen LogP contribution in [0.25, 0.3) is 11.3 Å². The lowest BCUT2D eigenvalue weighted by Crippen LogP contribution is -1.93. The van der Waals surface area contributed by atoms with Crippen LogP contribution < -0.4 is 4.74 Å². The van der Waals surface area contributed by atoms with Crippen molar-refractivity contribution in [2.24, 2.45) is 0 Å². The average Bonchev–Trinajstić information content (AvgIpc) is 2.30. The van der Waals surface area contributed by atoms with Gasteiger partial charge in [0.1, 0.15) is 0 Å². The molecule has 1 heterocycles. The van der Waals surface area contributed by atoms with Gasteiger partial charge in [0.05, 0.1) is 17.3 Å². The van der Waals surface area contributed by atoms with Crippen molar-refractivity contribution in [3.63, 3.8) is 0 Å². The van der Waals surface area contributed by atoms with Gasteiger partial charge >= 0.3 is 0 Å². The van der Waals surface area contributed by atoms with Crippen LogP contribution in [0.4, 0.5) is 0 Å². The summed E-state index contributed by atoms with van der Waals surface area (Å²) < 4.78 is 5.79. The van der Waals surface area contributed by atoms with Crippen LogP contribution in [-0.2, 0) is 0 Å². The van der Waals surface area contributed by atoms with Crippen LogP contribution in [0.2, 0.25) is 5.02 Å². The molecule has 2 rings (SSSR count). The molecule has 0 saturated heterocycles. The number of nitrogens with zero attached hydrogens (tertiary/aromatic N) is 2. The van der Waals surface area contributed by atoms with E-state index in [1.54, 1.807) is 7.11 Å². The number of ether oxygens (including phenoxy) is 1. The number of aromatic nitrogens is 2. The van der Waals surface area contributed by atoms with Gasteiger partial charge in [-0.15, -0.1) is 10.2 Å². The van der Waals surface area contributed by atoms with Crippen molar-refractivity contribution in [2.45, 2.75) is 0 Å². The molecule has 0 aliphatic rings. The second-order valence-electron chi connectivity index (χ2n) is 3.09. The number of hydrogen-bond donors (Lipinski definition) is 0. The van der Waals surface area contributed by atoms with Gasteiger partial charge in [0, 0.05) is 10.6 Å². The van der Waals surface area contributed by atoms with E-state index >= 15 is 0 Å². The van der Waals surface area contributed by atoms with Gasteiger partial charge in [-0.1, -0.05) is 23.7 Å². The normalized spacial score (nSPS) is 10.2. The van der Waals surface area contributed by atoms with Crippen LogP contribution in [0.15, 0.2) is 34.8 Å².